The number of hydrogen-bond donors (Lipinski definition) is 4. The number of anilines is 2. The highest BCUT2D eigenvalue weighted by atomic mass is 16.6. The van der Waals surface area contributed by atoms with Crippen LogP contribution in [0.15, 0.2) is 36.4 Å². The highest BCUT2D eigenvalue weighted by molar-refractivity contribution is 6.74. The second-order valence-electron chi connectivity index (χ2n) is 5.71. The number of benzene rings is 2. The molecule has 0 bridgehead atoms. The van der Waals surface area contributed by atoms with E-state index in [0.717, 1.165) is 5.56 Å². The molecule has 7 nitrogen and oxygen atoms in total. The Balaban J connectivity index is 1.76. The van der Waals surface area contributed by atoms with Gasteiger partial charge in [0.15, 0.2) is 0 Å². The van der Waals surface area contributed by atoms with Crippen LogP contribution in [0, 0.1) is 6.92 Å². The van der Waals surface area contributed by atoms with Gasteiger partial charge in [0.1, 0.15) is 5.75 Å². The van der Waals surface area contributed by atoms with E-state index in [1.807, 2.05) is 13.0 Å². The molecule has 0 saturated heterocycles. The molecule has 1 aliphatic rings. The molecule has 0 unspecified atom stereocenters. The second kappa shape index (κ2) is 6.16. The number of methoxy groups -OCH3 is 1. The fourth-order valence-corrected chi connectivity index (χ4v) is 2.65. The lowest BCUT2D eigenvalue weighted by Gasteiger charge is -2.22. The van der Waals surface area contributed by atoms with Crippen LogP contribution in [-0.4, -0.2) is 29.9 Å². The van der Waals surface area contributed by atoms with E-state index in [-0.39, 0.29) is 12.1 Å². The molecule has 0 fully saturated rings. The first-order chi connectivity index (χ1) is 11.4. The van der Waals surface area contributed by atoms with Crippen molar-refractivity contribution in [3.63, 3.8) is 0 Å². The summed E-state index contributed by atoms with van der Waals surface area (Å²) in [5, 5.41) is 24.9. The van der Waals surface area contributed by atoms with Gasteiger partial charge in [0.2, 0.25) is 0 Å². The molecule has 0 atom stereocenters. The number of rotatable bonds is 3. The van der Waals surface area contributed by atoms with Gasteiger partial charge in [0.25, 0.3) is 0 Å². The largest absolute Gasteiger partial charge is 0.556 e. The molecule has 24 heavy (non-hydrogen) atoms. The topological polar surface area (TPSA) is 100 Å². The van der Waals surface area contributed by atoms with Crippen LogP contribution in [0.5, 0.6) is 5.75 Å². The van der Waals surface area contributed by atoms with Crippen LogP contribution in [0.4, 0.5) is 16.2 Å². The van der Waals surface area contributed by atoms with E-state index < -0.39 is 12.8 Å². The summed E-state index contributed by atoms with van der Waals surface area (Å²) in [5.41, 5.74) is 2.92. The lowest BCUT2D eigenvalue weighted by atomic mass is 9.70. The van der Waals surface area contributed by atoms with Crippen LogP contribution < -0.4 is 20.8 Å². The van der Waals surface area contributed by atoms with Crippen molar-refractivity contribution in [2.24, 2.45) is 0 Å². The number of fused-ring (bicyclic) bond motifs is 1. The smallest absolute Gasteiger partial charge is 0.405 e. The summed E-state index contributed by atoms with van der Waals surface area (Å²) < 4.78 is 10.2. The van der Waals surface area contributed by atoms with Gasteiger partial charge in [-0.25, -0.2) is 4.79 Å². The third-order valence-electron chi connectivity index (χ3n) is 3.88. The second-order valence-corrected chi connectivity index (χ2v) is 5.71. The van der Waals surface area contributed by atoms with Gasteiger partial charge in [-0.2, -0.15) is 0 Å². The summed E-state index contributed by atoms with van der Waals surface area (Å²) in [6, 6.07) is 9.84. The zero-order valence-corrected chi connectivity index (χ0v) is 13.4. The summed E-state index contributed by atoms with van der Waals surface area (Å²) in [6.45, 7) is -0.961. The number of ether oxygens (including phenoxy) is 1. The number of aryl methyl sites for hydroxylation is 1. The van der Waals surface area contributed by atoms with Crippen LogP contribution in [0.3, 0.4) is 0 Å². The number of hydrogen-bond acceptors (Lipinski definition) is 5. The summed E-state index contributed by atoms with van der Waals surface area (Å²) in [6.07, 6.45) is 0. The molecule has 1 heterocycles. The fourth-order valence-electron chi connectivity index (χ4n) is 2.65. The lowest BCUT2D eigenvalue weighted by Crippen LogP contribution is -2.47. The van der Waals surface area contributed by atoms with Gasteiger partial charge < -0.3 is 30.1 Å². The molecule has 3 rings (SSSR count). The standard InChI is InChI=1S/C16H18BN2O5/c1-10-3-6-15(23-2)14(7-10)19-16(20)18-12-5-4-11-9-24-17(21,22)13(11)8-12/h3-8,21-22H,9H2,1-2H3,(H2,18,19,20)/q-1. The summed E-state index contributed by atoms with van der Waals surface area (Å²) in [5.74, 6) is 0.547. The van der Waals surface area contributed by atoms with Crippen LogP contribution >= 0.6 is 0 Å². The maximum atomic E-state index is 12.2. The first-order valence-electron chi connectivity index (χ1n) is 7.48. The van der Waals surface area contributed by atoms with E-state index in [1.54, 1.807) is 24.3 Å². The fraction of sp³-hybridized carbons (Fsp3) is 0.188. The van der Waals surface area contributed by atoms with Crippen molar-refractivity contribution in [1.82, 2.24) is 0 Å². The Morgan fingerprint density at radius 1 is 1.21 bits per heavy atom. The minimum absolute atomic E-state index is 0.134. The molecule has 0 aliphatic carbocycles. The predicted molar refractivity (Wildman–Crippen MR) is 91.4 cm³/mol. The average molecular weight is 329 g/mol. The van der Waals surface area contributed by atoms with E-state index in [1.165, 1.54) is 13.2 Å². The average Bonchev–Trinajstić information content (AvgIpc) is 2.83. The van der Waals surface area contributed by atoms with Crippen molar-refractivity contribution in [3.8, 4) is 5.75 Å². The van der Waals surface area contributed by atoms with Crippen molar-refractivity contribution in [1.29, 1.82) is 0 Å². The van der Waals surface area contributed by atoms with Crippen LogP contribution in [0.25, 0.3) is 0 Å². The quantitative estimate of drug-likeness (QED) is 0.636. The van der Waals surface area contributed by atoms with Gasteiger partial charge >= 0.3 is 12.8 Å². The predicted octanol–water partition coefficient (Wildman–Crippen LogP) is 1.31. The highest BCUT2D eigenvalue weighted by Crippen LogP contribution is 2.25. The molecule has 0 radical (unpaired) electrons. The maximum absolute atomic E-state index is 12.2. The third kappa shape index (κ3) is 3.21. The number of carbonyl (C=O) groups excluding carboxylic acids is 1. The molecule has 2 aromatic carbocycles. The van der Waals surface area contributed by atoms with Gasteiger partial charge in [-0.05, 0) is 30.7 Å². The maximum Gasteiger partial charge on any atom is 0.405 e. The molecule has 2 amide bonds. The molecule has 126 valence electrons. The Hall–Kier alpha value is -2.55. The van der Waals surface area contributed by atoms with E-state index in [0.29, 0.717) is 22.7 Å². The van der Waals surface area contributed by atoms with Gasteiger partial charge in [-0.1, -0.05) is 23.8 Å². The van der Waals surface area contributed by atoms with Crippen molar-refractivity contribution < 1.29 is 24.2 Å². The Morgan fingerprint density at radius 2 is 2.00 bits per heavy atom. The molecule has 0 spiro atoms. The third-order valence-corrected chi connectivity index (χ3v) is 3.88. The Kier molecular flexibility index (Phi) is 4.19. The number of carbonyl (C=O) groups is 1. The first-order valence-corrected chi connectivity index (χ1v) is 7.48. The van der Waals surface area contributed by atoms with Crippen molar-refractivity contribution in [2.45, 2.75) is 13.5 Å². The van der Waals surface area contributed by atoms with Gasteiger partial charge in [0, 0.05) is 12.3 Å². The first kappa shape index (κ1) is 16.3. The normalized spacial score (nSPS) is 14.8. The van der Waals surface area contributed by atoms with Crippen LogP contribution in [0.2, 0.25) is 0 Å². The van der Waals surface area contributed by atoms with Crippen molar-refractivity contribution in [3.05, 3.63) is 47.5 Å². The molecule has 1 aliphatic heterocycles. The van der Waals surface area contributed by atoms with E-state index in [2.05, 4.69) is 10.6 Å². The van der Waals surface area contributed by atoms with Crippen molar-refractivity contribution >= 4 is 29.6 Å². The molecular weight excluding hydrogens is 311 g/mol. The molecule has 8 heteroatoms. The Bertz CT molecular complexity index is 794. The minimum Gasteiger partial charge on any atom is -0.556 e. The molecule has 4 N–H and O–H groups in total. The van der Waals surface area contributed by atoms with Crippen LogP contribution in [0.1, 0.15) is 11.1 Å². The molecule has 0 saturated carbocycles. The highest BCUT2D eigenvalue weighted by Gasteiger charge is 2.31. The Labute approximate surface area is 139 Å². The number of nitrogens with one attached hydrogen (secondary N) is 2. The zero-order chi connectivity index (χ0) is 17.3. The van der Waals surface area contributed by atoms with E-state index in [4.69, 9.17) is 9.39 Å². The summed E-state index contributed by atoms with van der Waals surface area (Å²) in [7, 11) is 1.53. The van der Waals surface area contributed by atoms with E-state index in [9.17, 15) is 14.8 Å². The van der Waals surface area contributed by atoms with Gasteiger partial charge in [-0.15, -0.1) is 5.46 Å². The van der Waals surface area contributed by atoms with Crippen LogP contribution in [-0.2, 0) is 11.3 Å². The van der Waals surface area contributed by atoms with Crippen molar-refractivity contribution in [2.75, 3.05) is 17.7 Å². The lowest BCUT2D eigenvalue weighted by molar-refractivity contribution is 0.169. The minimum atomic E-state index is -3.01. The monoisotopic (exact) mass is 329 g/mol. The van der Waals surface area contributed by atoms with Gasteiger partial charge in [0.05, 0.1) is 12.8 Å². The molecular formula is C16H18BN2O5-. The Morgan fingerprint density at radius 3 is 2.75 bits per heavy atom. The number of urea groups is 1. The van der Waals surface area contributed by atoms with Gasteiger partial charge in [-0.3, -0.25) is 0 Å². The molecule has 2 aromatic rings. The van der Waals surface area contributed by atoms with E-state index >= 15 is 0 Å². The summed E-state index contributed by atoms with van der Waals surface area (Å²) >= 11 is 0. The summed E-state index contributed by atoms with van der Waals surface area (Å²) in [4.78, 5) is 12.2. The number of amides is 2. The molecule has 0 aromatic heterocycles. The zero-order valence-electron chi connectivity index (χ0n) is 13.4. The SMILES string of the molecule is COc1ccc(C)cc1NC(=O)Nc1ccc2c(c1)[B-](O)(O)OC2.